The summed E-state index contributed by atoms with van der Waals surface area (Å²) in [6.45, 7) is 10.7. The summed E-state index contributed by atoms with van der Waals surface area (Å²) >= 11 is 0. The Morgan fingerprint density at radius 1 is 1.14 bits per heavy atom. The van der Waals surface area contributed by atoms with Gasteiger partial charge in [0, 0.05) is 24.8 Å². The topological polar surface area (TPSA) is 88.9 Å². The van der Waals surface area contributed by atoms with E-state index in [1.807, 2.05) is 4.68 Å². The highest BCUT2D eigenvalue weighted by Gasteiger charge is 2.36. The van der Waals surface area contributed by atoms with Crippen LogP contribution in [0.5, 0.6) is 0 Å². The number of ether oxygens (including phenoxy) is 1. The maximum Gasteiger partial charge on any atom is 0.252 e. The molecule has 8 nitrogen and oxygen atoms in total. The summed E-state index contributed by atoms with van der Waals surface area (Å²) < 4.78 is 7.82. The van der Waals surface area contributed by atoms with E-state index in [9.17, 15) is 4.79 Å². The SMILES string of the molecule is Cc1cc(C)c2[nH]c(=O)c(CN(C3CCCC3)C(c3nnnn3CC3CCCO3)C(C)C)cc2c1. The molecule has 0 amide bonds. The van der Waals surface area contributed by atoms with Crippen LogP contribution in [-0.2, 0) is 17.8 Å². The third-order valence-corrected chi connectivity index (χ3v) is 7.73. The molecule has 1 N–H and O–H groups in total. The standard InChI is InChI=1S/C27H38N6O2/c1-17(2)25(26-29-30-31-33(26)16-23-10-7-11-35-23)32(22-8-5-6-9-22)15-21-14-20-13-18(3)12-19(4)24(20)28-27(21)34/h12-14,17,22-23,25H,5-11,15-16H2,1-4H3,(H,28,34). The van der Waals surface area contributed by atoms with Gasteiger partial charge in [-0.15, -0.1) is 5.10 Å². The van der Waals surface area contributed by atoms with Gasteiger partial charge in [-0.2, -0.15) is 0 Å². The molecule has 2 atom stereocenters. The van der Waals surface area contributed by atoms with E-state index >= 15 is 0 Å². The zero-order valence-corrected chi connectivity index (χ0v) is 21.5. The second kappa shape index (κ2) is 10.2. The third-order valence-electron chi connectivity index (χ3n) is 7.73. The molecule has 5 rings (SSSR count). The van der Waals surface area contributed by atoms with E-state index in [0.717, 1.165) is 60.1 Å². The summed E-state index contributed by atoms with van der Waals surface area (Å²) in [5.74, 6) is 1.17. The van der Waals surface area contributed by atoms with Gasteiger partial charge in [0.1, 0.15) is 0 Å². The maximum absolute atomic E-state index is 13.3. The van der Waals surface area contributed by atoms with E-state index < -0.39 is 0 Å². The number of rotatable bonds is 8. The summed E-state index contributed by atoms with van der Waals surface area (Å²) in [5, 5.41) is 14.1. The number of tetrazole rings is 1. The van der Waals surface area contributed by atoms with Crippen molar-refractivity contribution in [3.05, 3.63) is 51.1 Å². The van der Waals surface area contributed by atoms with Gasteiger partial charge in [-0.25, -0.2) is 4.68 Å². The van der Waals surface area contributed by atoms with Crippen LogP contribution >= 0.6 is 0 Å². The second-order valence-electron chi connectivity index (χ2n) is 10.8. The van der Waals surface area contributed by atoms with E-state index in [-0.39, 0.29) is 23.6 Å². The summed E-state index contributed by atoms with van der Waals surface area (Å²) in [7, 11) is 0. The molecule has 0 bridgehead atoms. The van der Waals surface area contributed by atoms with E-state index in [4.69, 9.17) is 4.74 Å². The average Bonchev–Trinajstić information content (AvgIpc) is 3.58. The third kappa shape index (κ3) is 5.05. The van der Waals surface area contributed by atoms with Crippen molar-refractivity contribution < 1.29 is 4.74 Å². The molecule has 2 unspecified atom stereocenters. The highest BCUT2D eigenvalue weighted by Crippen LogP contribution is 2.36. The second-order valence-corrected chi connectivity index (χ2v) is 10.8. The van der Waals surface area contributed by atoms with Crippen LogP contribution in [0.3, 0.4) is 0 Å². The van der Waals surface area contributed by atoms with Crippen molar-refractivity contribution in [2.24, 2.45) is 5.92 Å². The Bertz CT molecular complexity index is 1220. The van der Waals surface area contributed by atoms with Crippen molar-refractivity contribution in [1.29, 1.82) is 0 Å². The molecule has 1 aliphatic carbocycles. The molecule has 0 spiro atoms. The van der Waals surface area contributed by atoms with Crippen LogP contribution in [0.2, 0.25) is 0 Å². The van der Waals surface area contributed by atoms with Gasteiger partial charge in [0.05, 0.1) is 24.2 Å². The van der Waals surface area contributed by atoms with E-state index in [0.29, 0.717) is 19.1 Å². The molecule has 1 aliphatic heterocycles. The van der Waals surface area contributed by atoms with E-state index in [1.54, 1.807) is 0 Å². The van der Waals surface area contributed by atoms with Gasteiger partial charge < -0.3 is 9.72 Å². The maximum atomic E-state index is 13.3. The van der Waals surface area contributed by atoms with E-state index in [2.05, 4.69) is 71.3 Å². The average molecular weight is 479 g/mol. The van der Waals surface area contributed by atoms with Crippen molar-refractivity contribution in [1.82, 2.24) is 30.1 Å². The Morgan fingerprint density at radius 2 is 1.94 bits per heavy atom. The van der Waals surface area contributed by atoms with Crippen LogP contribution in [-0.4, -0.2) is 48.8 Å². The lowest BCUT2D eigenvalue weighted by molar-refractivity contribution is 0.0718. The van der Waals surface area contributed by atoms with Gasteiger partial charge in [-0.3, -0.25) is 9.69 Å². The van der Waals surface area contributed by atoms with Crippen molar-refractivity contribution in [3.63, 3.8) is 0 Å². The largest absolute Gasteiger partial charge is 0.376 e. The Hall–Kier alpha value is -2.58. The summed E-state index contributed by atoms with van der Waals surface area (Å²) in [5.41, 5.74) is 4.03. The molecular formula is C27H38N6O2. The zero-order chi connectivity index (χ0) is 24.5. The first-order valence-corrected chi connectivity index (χ1v) is 13.2. The number of pyridine rings is 1. The number of fused-ring (bicyclic) bond motifs is 1. The molecule has 3 heterocycles. The molecule has 3 aromatic rings. The number of benzene rings is 1. The number of aromatic nitrogens is 5. The molecule has 1 saturated heterocycles. The fourth-order valence-corrected chi connectivity index (χ4v) is 6.10. The van der Waals surface area contributed by atoms with Crippen LogP contribution in [0, 0.1) is 19.8 Å². The number of hydrogen-bond donors (Lipinski definition) is 1. The number of aryl methyl sites for hydroxylation is 2. The first-order valence-electron chi connectivity index (χ1n) is 13.2. The Labute approximate surface area is 207 Å². The molecule has 2 fully saturated rings. The van der Waals surface area contributed by atoms with Gasteiger partial charge in [0.2, 0.25) is 0 Å². The van der Waals surface area contributed by atoms with Gasteiger partial charge >= 0.3 is 0 Å². The van der Waals surface area contributed by atoms with Gasteiger partial charge in [-0.1, -0.05) is 38.3 Å². The van der Waals surface area contributed by atoms with Crippen molar-refractivity contribution >= 4 is 10.9 Å². The predicted octanol–water partition coefficient (Wildman–Crippen LogP) is 4.45. The monoisotopic (exact) mass is 478 g/mol. The van der Waals surface area contributed by atoms with Crippen molar-refractivity contribution in [3.8, 4) is 0 Å². The van der Waals surface area contributed by atoms with Gasteiger partial charge in [0.25, 0.3) is 5.56 Å². The lowest BCUT2D eigenvalue weighted by atomic mass is 9.97. The lowest BCUT2D eigenvalue weighted by Crippen LogP contribution is -2.41. The molecule has 0 radical (unpaired) electrons. The quantitative estimate of drug-likeness (QED) is 0.514. The van der Waals surface area contributed by atoms with Crippen LogP contribution < -0.4 is 5.56 Å². The Morgan fingerprint density at radius 3 is 2.66 bits per heavy atom. The number of nitrogens with one attached hydrogen (secondary N) is 1. The predicted molar refractivity (Wildman–Crippen MR) is 136 cm³/mol. The molecule has 1 aromatic carbocycles. The summed E-state index contributed by atoms with van der Waals surface area (Å²) in [6.07, 6.45) is 7.02. The number of aromatic amines is 1. The van der Waals surface area contributed by atoms with Gasteiger partial charge in [0.15, 0.2) is 5.82 Å². The molecule has 35 heavy (non-hydrogen) atoms. The molecular weight excluding hydrogens is 440 g/mol. The Balaban J connectivity index is 1.52. The highest BCUT2D eigenvalue weighted by atomic mass is 16.5. The molecule has 188 valence electrons. The van der Waals surface area contributed by atoms with Crippen LogP contribution in [0.15, 0.2) is 23.0 Å². The normalized spacial score (nSPS) is 20.0. The smallest absolute Gasteiger partial charge is 0.252 e. The lowest BCUT2D eigenvalue weighted by Gasteiger charge is -2.38. The van der Waals surface area contributed by atoms with Gasteiger partial charge in [-0.05, 0) is 79.0 Å². The number of nitrogens with zero attached hydrogens (tertiary/aromatic N) is 5. The fraction of sp³-hybridized carbons (Fsp3) is 0.630. The minimum Gasteiger partial charge on any atom is -0.376 e. The summed E-state index contributed by atoms with van der Waals surface area (Å²) in [4.78, 5) is 18.9. The van der Waals surface area contributed by atoms with E-state index in [1.165, 1.54) is 18.4 Å². The van der Waals surface area contributed by atoms with Crippen LogP contribution in [0.4, 0.5) is 0 Å². The van der Waals surface area contributed by atoms with Crippen molar-refractivity contribution in [2.75, 3.05) is 6.61 Å². The minimum absolute atomic E-state index is 0.00564. The fourth-order valence-electron chi connectivity index (χ4n) is 6.10. The van der Waals surface area contributed by atoms with Crippen LogP contribution in [0.25, 0.3) is 10.9 Å². The summed E-state index contributed by atoms with van der Waals surface area (Å²) in [6, 6.07) is 6.78. The number of H-pyrrole nitrogens is 1. The number of hydrogen-bond acceptors (Lipinski definition) is 6. The molecule has 1 saturated carbocycles. The minimum atomic E-state index is -0.00564. The Kier molecular flexibility index (Phi) is 7.02. The molecule has 2 aromatic heterocycles. The molecule has 8 heteroatoms. The first kappa shape index (κ1) is 24.1. The van der Waals surface area contributed by atoms with Crippen LogP contribution in [0.1, 0.15) is 80.9 Å². The first-order chi connectivity index (χ1) is 16.9. The highest BCUT2D eigenvalue weighted by molar-refractivity contribution is 5.82. The van der Waals surface area contributed by atoms with Crippen molar-refractivity contribution in [2.45, 2.75) is 97.5 Å². The zero-order valence-electron chi connectivity index (χ0n) is 21.5. The molecule has 2 aliphatic rings.